The first-order valence-electron chi connectivity index (χ1n) is 8.10. The topological polar surface area (TPSA) is 49.6 Å². The normalized spacial score (nSPS) is 33.2. The predicted molar refractivity (Wildman–Crippen MR) is 82.4 cm³/mol. The first kappa shape index (κ1) is 15.8. The van der Waals surface area contributed by atoms with Crippen LogP contribution in [0, 0.1) is 11.8 Å². The van der Waals surface area contributed by atoms with Gasteiger partial charge >= 0.3 is 0 Å². The van der Waals surface area contributed by atoms with Gasteiger partial charge in [0.1, 0.15) is 0 Å². The second kappa shape index (κ2) is 6.02. The Balaban J connectivity index is 1.91. The molecule has 0 spiro atoms. The van der Waals surface area contributed by atoms with E-state index in [4.69, 9.17) is 5.73 Å². The van der Waals surface area contributed by atoms with Crippen molar-refractivity contribution in [3.8, 4) is 0 Å². The van der Waals surface area contributed by atoms with Gasteiger partial charge in [0.2, 0.25) is 5.91 Å². The third-order valence-corrected chi connectivity index (χ3v) is 5.15. The molecule has 0 aromatic carbocycles. The lowest BCUT2D eigenvalue weighted by atomic mass is 9.77. The highest BCUT2D eigenvalue weighted by atomic mass is 16.2. The molecule has 0 aromatic rings. The lowest BCUT2D eigenvalue weighted by Gasteiger charge is -2.44. The van der Waals surface area contributed by atoms with Crippen molar-refractivity contribution in [2.45, 2.75) is 58.5 Å². The SMILES string of the molecule is CC1CCCC(C(=O)N2CCN(C(C)(C)C)CC2)C1N. The summed E-state index contributed by atoms with van der Waals surface area (Å²) in [6.45, 7) is 12.6. The fourth-order valence-corrected chi connectivity index (χ4v) is 3.56. The Kier molecular flexibility index (Phi) is 4.75. The standard InChI is InChI=1S/C16H31N3O/c1-12-6-5-7-13(14(12)17)15(20)18-8-10-19(11-9-18)16(2,3)4/h12-14H,5-11,17H2,1-4H3. The minimum Gasteiger partial charge on any atom is -0.340 e. The third kappa shape index (κ3) is 3.34. The van der Waals surface area contributed by atoms with E-state index in [1.54, 1.807) is 0 Å². The molecule has 20 heavy (non-hydrogen) atoms. The molecular formula is C16H31N3O. The third-order valence-electron chi connectivity index (χ3n) is 5.15. The highest BCUT2D eigenvalue weighted by molar-refractivity contribution is 5.79. The van der Waals surface area contributed by atoms with Crippen molar-refractivity contribution in [3.63, 3.8) is 0 Å². The van der Waals surface area contributed by atoms with Crippen LogP contribution in [0.2, 0.25) is 0 Å². The van der Waals surface area contributed by atoms with E-state index >= 15 is 0 Å². The number of piperazine rings is 1. The highest BCUT2D eigenvalue weighted by Gasteiger charge is 2.36. The maximum Gasteiger partial charge on any atom is 0.227 e. The molecule has 1 saturated heterocycles. The molecule has 4 nitrogen and oxygen atoms in total. The zero-order chi connectivity index (χ0) is 14.9. The van der Waals surface area contributed by atoms with Crippen LogP contribution in [0.1, 0.15) is 47.0 Å². The lowest BCUT2D eigenvalue weighted by molar-refractivity contribution is -0.140. The van der Waals surface area contributed by atoms with Crippen molar-refractivity contribution in [2.24, 2.45) is 17.6 Å². The van der Waals surface area contributed by atoms with E-state index in [0.29, 0.717) is 11.8 Å². The summed E-state index contributed by atoms with van der Waals surface area (Å²) in [5.41, 5.74) is 6.47. The van der Waals surface area contributed by atoms with Gasteiger partial charge in [-0.1, -0.05) is 13.3 Å². The van der Waals surface area contributed by atoms with Crippen molar-refractivity contribution in [1.82, 2.24) is 9.80 Å². The van der Waals surface area contributed by atoms with Crippen LogP contribution in [0.5, 0.6) is 0 Å². The van der Waals surface area contributed by atoms with Gasteiger partial charge in [-0.2, -0.15) is 0 Å². The van der Waals surface area contributed by atoms with Crippen LogP contribution in [0.25, 0.3) is 0 Å². The number of rotatable bonds is 1. The summed E-state index contributed by atoms with van der Waals surface area (Å²) in [4.78, 5) is 17.2. The number of nitrogens with two attached hydrogens (primary N) is 1. The van der Waals surface area contributed by atoms with E-state index in [-0.39, 0.29) is 17.5 Å². The number of hydrogen-bond donors (Lipinski definition) is 1. The summed E-state index contributed by atoms with van der Waals surface area (Å²) in [5, 5.41) is 0. The number of carbonyl (C=O) groups is 1. The van der Waals surface area contributed by atoms with Crippen LogP contribution in [-0.4, -0.2) is 53.5 Å². The molecule has 1 aliphatic carbocycles. The molecule has 3 unspecified atom stereocenters. The number of hydrogen-bond acceptors (Lipinski definition) is 3. The van der Waals surface area contributed by atoms with Crippen LogP contribution < -0.4 is 5.73 Å². The van der Waals surface area contributed by atoms with Gasteiger partial charge in [0.05, 0.1) is 5.92 Å². The van der Waals surface area contributed by atoms with E-state index in [2.05, 4.69) is 32.6 Å². The molecule has 0 aromatic heterocycles. The van der Waals surface area contributed by atoms with Crippen molar-refractivity contribution >= 4 is 5.91 Å². The molecular weight excluding hydrogens is 250 g/mol. The minimum absolute atomic E-state index is 0.0527. The Bertz CT molecular complexity index is 342. The molecule has 0 radical (unpaired) electrons. The molecule has 2 fully saturated rings. The molecule has 0 bridgehead atoms. The fraction of sp³-hybridized carbons (Fsp3) is 0.938. The van der Waals surface area contributed by atoms with Crippen LogP contribution >= 0.6 is 0 Å². The van der Waals surface area contributed by atoms with Gasteiger partial charge in [-0.15, -0.1) is 0 Å². The van der Waals surface area contributed by atoms with Gasteiger partial charge in [-0.25, -0.2) is 0 Å². The molecule has 2 rings (SSSR count). The minimum atomic E-state index is 0.0527. The molecule has 1 saturated carbocycles. The maximum atomic E-state index is 12.7. The highest BCUT2D eigenvalue weighted by Crippen LogP contribution is 2.29. The quantitative estimate of drug-likeness (QED) is 0.796. The van der Waals surface area contributed by atoms with E-state index in [0.717, 1.165) is 39.0 Å². The second-order valence-corrected chi connectivity index (χ2v) is 7.58. The molecule has 116 valence electrons. The predicted octanol–water partition coefficient (Wildman–Crippen LogP) is 1.69. The zero-order valence-corrected chi connectivity index (χ0v) is 13.6. The average molecular weight is 281 g/mol. The maximum absolute atomic E-state index is 12.7. The summed E-state index contributed by atoms with van der Waals surface area (Å²) < 4.78 is 0. The largest absolute Gasteiger partial charge is 0.340 e. The molecule has 2 N–H and O–H groups in total. The first-order chi connectivity index (χ1) is 9.30. The number of amides is 1. The van der Waals surface area contributed by atoms with Crippen LogP contribution in [0.15, 0.2) is 0 Å². The average Bonchev–Trinajstić information content (AvgIpc) is 2.40. The van der Waals surface area contributed by atoms with Gasteiger partial charge in [0.25, 0.3) is 0 Å². The fourth-order valence-electron chi connectivity index (χ4n) is 3.56. The van der Waals surface area contributed by atoms with E-state index in [1.807, 2.05) is 4.90 Å². The Morgan fingerprint density at radius 3 is 2.25 bits per heavy atom. The van der Waals surface area contributed by atoms with E-state index in [9.17, 15) is 4.79 Å². The monoisotopic (exact) mass is 281 g/mol. The van der Waals surface area contributed by atoms with Gasteiger partial charge in [0.15, 0.2) is 0 Å². The smallest absolute Gasteiger partial charge is 0.227 e. The van der Waals surface area contributed by atoms with Gasteiger partial charge in [0, 0.05) is 37.8 Å². The van der Waals surface area contributed by atoms with E-state index in [1.165, 1.54) is 6.42 Å². The Morgan fingerprint density at radius 2 is 1.70 bits per heavy atom. The summed E-state index contributed by atoms with van der Waals surface area (Å²) >= 11 is 0. The van der Waals surface area contributed by atoms with Crippen molar-refractivity contribution in [1.29, 1.82) is 0 Å². The van der Waals surface area contributed by atoms with E-state index < -0.39 is 0 Å². The van der Waals surface area contributed by atoms with Gasteiger partial charge < -0.3 is 10.6 Å². The number of nitrogens with zero attached hydrogens (tertiary/aromatic N) is 2. The summed E-state index contributed by atoms with van der Waals surface area (Å²) in [6, 6.07) is 0.0527. The Hall–Kier alpha value is -0.610. The summed E-state index contributed by atoms with van der Waals surface area (Å²) in [7, 11) is 0. The van der Waals surface area contributed by atoms with Crippen molar-refractivity contribution in [3.05, 3.63) is 0 Å². The zero-order valence-electron chi connectivity index (χ0n) is 13.6. The molecule has 2 aliphatic rings. The van der Waals surface area contributed by atoms with Gasteiger partial charge in [-0.05, 0) is 39.5 Å². The molecule has 1 heterocycles. The second-order valence-electron chi connectivity index (χ2n) is 7.58. The number of carbonyl (C=O) groups excluding carboxylic acids is 1. The van der Waals surface area contributed by atoms with Gasteiger partial charge in [-0.3, -0.25) is 9.69 Å². The summed E-state index contributed by atoms with van der Waals surface area (Å²) in [5.74, 6) is 0.839. The molecule has 1 amide bonds. The Labute approximate surface area is 123 Å². The van der Waals surface area contributed by atoms with Crippen molar-refractivity contribution in [2.75, 3.05) is 26.2 Å². The lowest BCUT2D eigenvalue weighted by Crippen LogP contribution is -2.57. The van der Waals surface area contributed by atoms with Crippen LogP contribution in [0.4, 0.5) is 0 Å². The molecule has 1 aliphatic heterocycles. The molecule has 3 atom stereocenters. The van der Waals surface area contributed by atoms with Crippen molar-refractivity contribution < 1.29 is 4.79 Å². The first-order valence-corrected chi connectivity index (χ1v) is 8.10. The van der Waals surface area contributed by atoms with Crippen LogP contribution in [0.3, 0.4) is 0 Å². The molecule has 4 heteroatoms. The summed E-state index contributed by atoms with van der Waals surface area (Å²) in [6.07, 6.45) is 3.29. The van der Waals surface area contributed by atoms with Crippen LogP contribution in [-0.2, 0) is 4.79 Å². The Morgan fingerprint density at radius 1 is 1.10 bits per heavy atom.